The molecule has 0 aliphatic carbocycles. The van der Waals surface area contributed by atoms with Crippen molar-refractivity contribution in [3.8, 4) is 16.9 Å². The van der Waals surface area contributed by atoms with Gasteiger partial charge in [0.1, 0.15) is 12.4 Å². The summed E-state index contributed by atoms with van der Waals surface area (Å²) in [6, 6.07) is 13.6. The van der Waals surface area contributed by atoms with Crippen molar-refractivity contribution in [3.05, 3.63) is 76.3 Å². The smallest absolute Gasteiger partial charge is 0.416 e. The van der Waals surface area contributed by atoms with E-state index < -0.39 is 26.7 Å². The molecule has 31 heavy (non-hydrogen) atoms. The minimum Gasteiger partial charge on any atom is -0.489 e. The largest absolute Gasteiger partial charge is 0.489 e. The molecule has 0 saturated carbocycles. The van der Waals surface area contributed by atoms with Gasteiger partial charge in [0.05, 0.1) is 32.7 Å². The molecule has 3 aromatic rings. The number of alkyl halides is 3. The van der Waals surface area contributed by atoms with Crippen LogP contribution in [0.2, 0.25) is 10.0 Å². The number of anilines is 1. The molecule has 0 fully saturated rings. The summed E-state index contributed by atoms with van der Waals surface area (Å²) in [5, 5.41) is 0.710. The molecular weight excluding hydrogens is 474 g/mol. The summed E-state index contributed by atoms with van der Waals surface area (Å²) in [5.41, 5.74) is 0.532. The zero-order valence-electron chi connectivity index (χ0n) is 15.7. The normalized spacial score (nSPS) is 14.2. The fourth-order valence-electron chi connectivity index (χ4n) is 3.26. The third kappa shape index (κ3) is 4.20. The Bertz CT molecular complexity index is 1260. The van der Waals surface area contributed by atoms with Gasteiger partial charge in [-0.15, -0.1) is 0 Å². The lowest BCUT2D eigenvalue weighted by Gasteiger charge is -2.31. The third-order valence-corrected chi connectivity index (χ3v) is 7.33. The second-order valence-electron chi connectivity index (χ2n) is 6.76. The highest BCUT2D eigenvalue weighted by atomic mass is 35.5. The molecule has 10 heteroatoms. The predicted molar refractivity (Wildman–Crippen MR) is 113 cm³/mol. The van der Waals surface area contributed by atoms with E-state index in [9.17, 15) is 21.6 Å². The molecule has 0 aromatic heterocycles. The Kier molecular flexibility index (Phi) is 5.57. The second kappa shape index (κ2) is 7.93. The quantitative estimate of drug-likeness (QED) is 0.437. The van der Waals surface area contributed by atoms with Gasteiger partial charge in [-0.1, -0.05) is 41.4 Å². The number of sulfonamides is 1. The van der Waals surface area contributed by atoms with Gasteiger partial charge in [-0.05, 0) is 53.6 Å². The molecule has 0 bridgehead atoms. The Morgan fingerprint density at radius 1 is 0.903 bits per heavy atom. The number of hydrogen-bond donors (Lipinski definition) is 0. The van der Waals surface area contributed by atoms with Gasteiger partial charge in [-0.25, -0.2) is 8.42 Å². The van der Waals surface area contributed by atoms with Crippen molar-refractivity contribution in [1.29, 1.82) is 0 Å². The Balaban J connectivity index is 1.79. The number of hydrogen-bond acceptors (Lipinski definition) is 3. The van der Waals surface area contributed by atoms with Crippen LogP contribution in [0, 0.1) is 0 Å². The van der Waals surface area contributed by atoms with E-state index in [2.05, 4.69) is 0 Å². The predicted octanol–water partition coefficient (Wildman–Crippen LogP) is 6.27. The van der Waals surface area contributed by atoms with Crippen LogP contribution in [-0.2, 0) is 16.2 Å². The van der Waals surface area contributed by atoms with Crippen LogP contribution in [0.4, 0.5) is 18.9 Å². The minimum absolute atomic E-state index is 0.0452. The van der Waals surface area contributed by atoms with Crippen LogP contribution in [0.15, 0.2) is 65.6 Å². The molecule has 1 aliphatic rings. The SMILES string of the molecule is O=S(=O)(c1cccc(C(F)(F)F)c1)N1CCOc2ccc(-c3ccc(Cl)c(Cl)c3)cc21. The van der Waals surface area contributed by atoms with Crippen LogP contribution in [0.5, 0.6) is 5.75 Å². The molecule has 1 heterocycles. The van der Waals surface area contributed by atoms with Gasteiger partial charge >= 0.3 is 6.18 Å². The van der Waals surface area contributed by atoms with E-state index in [0.29, 0.717) is 33.0 Å². The number of ether oxygens (including phenoxy) is 1. The molecule has 0 spiro atoms. The molecular formula is C21H14Cl2F3NO3S. The van der Waals surface area contributed by atoms with Gasteiger partial charge in [-0.3, -0.25) is 4.31 Å². The van der Waals surface area contributed by atoms with Gasteiger partial charge in [0.2, 0.25) is 0 Å². The van der Waals surface area contributed by atoms with E-state index in [0.717, 1.165) is 22.5 Å². The molecule has 4 rings (SSSR count). The van der Waals surface area contributed by atoms with E-state index in [1.807, 2.05) is 0 Å². The molecule has 4 nitrogen and oxygen atoms in total. The zero-order chi connectivity index (χ0) is 22.4. The Morgan fingerprint density at radius 2 is 1.61 bits per heavy atom. The average molecular weight is 488 g/mol. The Morgan fingerprint density at radius 3 is 2.32 bits per heavy atom. The van der Waals surface area contributed by atoms with Crippen LogP contribution in [-0.4, -0.2) is 21.6 Å². The highest BCUT2D eigenvalue weighted by molar-refractivity contribution is 7.92. The van der Waals surface area contributed by atoms with Crippen LogP contribution in [0.1, 0.15) is 5.56 Å². The van der Waals surface area contributed by atoms with E-state index in [-0.39, 0.29) is 18.8 Å². The van der Waals surface area contributed by atoms with Crippen molar-refractivity contribution in [2.24, 2.45) is 0 Å². The van der Waals surface area contributed by atoms with E-state index in [1.54, 1.807) is 36.4 Å². The summed E-state index contributed by atoms with van der Waals surface area (Å²) in [7, 11) is -4.27. The van der Waals surface area contributed by atoms with Crippen molar-refractivity contribution in [2.75, 3.05) is 17.5 Å². The van der Waals surface area contributed by atoms with Crippen LogP contribution in [0.25, 0.3) is 11.1 Å². The standard InChI is InChI=1S/C21H14Cl2F3NO3S/c22-17-6-4-13(10-18(17)23)14-5-7-20-19(11-14)27(8-9-30-20)31(28,29)16-3-1-2-15(12-16)21(24,25)26/h1-7,10-12H,8-9H2. The van der Waals surface area contributed by atoms with E-state index in [4.69, 9.17) is 27.9 Å². The van der Waals surface area contributed by atoms with Crippen molar-refractivity contribution in [2.45, 2.75) is 11.1 Å². The Labute approximate surface area is 186 Å². The van der Waals surface area contributed by atoms with Crippen molar-refractivity contribution in [1.82, 2.24) is 0 Å². The summed E-state index contributed by atoms with van der Waals surface area (Å²) in [6.07, 6.45) is -4.66. The zero-order valence-corrected chi connectivity index (χ0v) is 18.0. The average Bonchev–Trinajstić information content (AvgIpc) is 2.74. The maximum atomic E-state index is 13.2. The van der Waals surface area contributed by atoms with Crippen molar-refractivity contribution < 1.29 is 26.3 Å². The first-order chi connectivity index (χ1) is 14.6. The van der Waals surface area contributed by atoms with Gasteiger partial charge in [0.15, 0.2) is 0 Å². The highest BCUT2D eigenvalue weighted by Gasteiger charge is 2.34. The molecule has 0 unspecified atom stereocenters. The fourth-order valence-corrected chi connectivity index (χ4v) is 5.05. The first-order valence-electron chi connectivity index (χ1n) is 9.00. The van der Waals surface area contributed by atoms with Crippen molar-refractivity contribution >= 4 is 38.9 Å². The fraction of sp³-hybridized carbons (Fsp3) is 0.143. The van der Waals surface area contributed by atoms with E-state index >= 15 is 0 Å². The molecule has 0 saturated heterocycles. The lowest BCUT2D eigenvalue weighted by Crippen LogP contribution is -2.38. The molecule has 0 radical (unpaired) electrons. The molecule has 162 valence electrons. The molecule has 0 amide bonds. The maximum absolute atomic E-state index is 13.2. The van der Waals surface area contributed by atoms with Gasteiger partial charge in [-0.2, -0.15) is 13.2 Å². The first-order valence-corrected chi connectivity index (χ1v) is 11.2. The number of benzene rings is 3. The molecule has 0 N–H and O–H groups in total. The Hall–Kier alpha value is -2.42. The number of nitrogens with zero attached hydrogens (tertiary/aromatic N) is 1. The summed E-state index contributed by atoms with van der Waals surface area (Å²) in [5.74, 6) is 0.311. The van der Waals surface area contributed by atoms with Crippen LogP contribution < -0.4 is 9.04 Å². The lowest BCUT2D eigenvalue weighted by atomic mass is 10.0. The van der Waals surface area contributed by atoms with Gasteiger partial charge in [0.25, 0.3) is 10.0 Å². The molecule has 1 aliphatic heterocycles. The lowest BCUT2D eigenvalue weighted by molar-refractivity contribution is -0.137. The first kappa shape index (κ1) is 21.8. The topological polar surface area (TPSA) is 46.6 Å². The number of rotatable bonds is 3. The summed E-state index contributed by atoms with van der Waals surface area (Å²) < 4.78 is 72.4. The van der Waals surface area contributed by atoms with Crippen LogP contribution >= 0.6 is 23.2 Å². The summed E-state index contributed by atoms with van der Waals surface area (Å²) in [6.45, 7) is 0.0215. The second-order valence-corrected chi connectivity index (χ2v) is 9.44. The summed E-state index contributed by atoms with van der Waals surface area (Å²) in [4.78, 5) is -0.449. The molecule has 0 atom stereocenters. The molecule has 3 aromatic carbocycles. The van der Waals surface area contributed by atoms with Crippen LogP contribution in [0.3, 0.4) is 0 Å². The monoisotopic (exact) mass is 487 g/mol. The van der Waals surface area contributed by atoms with Gasteiger partial charge in [0, 0.05) is 0 Å². The summed E-state index contributed by atoms with van der Waals surface area (Å²) >= 11 is 12.0. The van der Waals surface area contributed by atoms with E-state index in [1.165, 1.54) is 0 Å². The number of fused-ring (bicyclic) bond motifs is 1. The maximum Gasteiger partial charge on any atom is 0.416 e. The highest BCUT2D eigenvalue weighted by Crippen LogP contribution is 2.40. The van der Waals surface area contributed by atoms with Crippen molar-refractivity contribution in [3.63, 3.8) is 0 Å². The van der Waals surface area contributed by atoms with Gasteiger partial charge < -0.3 is 4.74 Å². The number of halogens is 5. The third-order valence-electron chi connectivity index (χ3n) is 4.78. The minimum atomic E-state index is -4.66.